The number of rotatable bonds is 9. The lowest BCUT2D eigenvalue weighted by molar-refractivity contribution is -0.117. The number of ether oxygens (including phenoxy) is 2. The molecule has 0 saturated carbocycles. The van der Waals surface area contributed by atoms with Crippen LogP contribution in [0.15, 0.2) is 53.4 Å². The lowest BCUT2D eigenvalue weighted by Crippen LogP contribution is -2.41. The molecule has 178 valence electrons. The molecule has 0 aromatic heterocycles. The van der Waals surface area contributed by atoms with E-state index in [0.29, 0.717) is 19.7 Å². The second-order valence-electron chi connectivity index (χ2n) is 7.62. The van der Waals surface area contributed by atoms with Crippen LogP contribution < -0.4 is 15.4 Å². The molecule has 0 spiro atoms. The van der Waals surface area contributed by atoms with Gasteiger partial charge in [-0.15, -0.1) is 0 Å². The van der Waals surface area contributed by atoms with Crippen LogP contribution in [0.25, 0.3) is 0 Å². The number of carbonyl (C=O) groups is 2. The molecule has 1 saturated heterocycles. The Hall–Kier alpha value is -3.11. The largest absolute Gasteiger partial charge is 0.492 e. The van der Waals surface area contributed by atoms with Crippen LogP contribution in [0.1, 0.15) is 32.3 Å². The molecule has 1 heterocycles. The maximum atomic E-state index is 13.1. The molecule has 1 fully saturated rings. The van der Waals surface area contributed by atoms with Gasteiger partial charge in [0.1, 0.15) is 23.3 Å². The first kappa shape index (κ1) is 24.5. The van der Waals surface area contributed by atoms with Gasteiger partial charge in [-0.05, 0) is 50.5 Å². The molecular weight excluding hydrogens is 446 g/mol. The van der Waals surface area contributed by atoms with Crippen LogP contribution in [0.4, 0.5) is 10.5 Å². The predicted molar refractivity (Wildman–Crippen MR) is 123 cm³/mol. The third kappa shape index (κ3) is 6.45. The van der Waals surface area contributed by atoms with Gasteiger partial charge in [-0.1, -0.05) is 30.3 Å². The number of hydrogen-bond acceptors (Lipinski definition) is 6. The molecule has 3 rings (SSSR count). The topological polar surface area (TPSA) is 114 Å². The highest BCUT2D eigenvalue weighted by Crippen LogP contribution is 2.31. The molecule has 2 aromatic carbocycles. The van der Waals surface area contributed by atoms with E-state index >= 15 is 0 Å². The van der Waals surface area contributed by atoms with E-state index in [-0.39, 0.29) is 22.9 Å². The second kappa shape index (κ2) is 11.2. The Bertz CT molecular complexity index is 1070. The molecule has 2 N–H and O–H groups in total. The molecule has 0 aliphatic carbocycles. The van der Waals surface area contributed by atoms with Gasteiger partial charge in [0.25, 0.3) is 0 Å². The Morgan fingerprint density at radius 1 is 1.09 bits per heavy atom. The molecule has 9 nitrogen and oxygen atoms in total. The summed E-state index contributed by atoms with van der Waals surface area (Å²) in [5.41, 5.74) is 1.11. The van der Waals surface area contributed by atoms with Crippen LogP contribution in [-0.2, 0) is 26.2 Å². The first-order chi connectivity index (χ1) is 15.8. The molecular formula is C23H29N3O6S. The summed E-state index contributed by atoms with van der Waals surface area (Å²) in [7, 11) is -3.76. The highest BCUT2D eigenvalue weighted by molar-refractivity contribution is 7.89. The SMILES string of the molecule is CCOc1ccc(NC(=O)[C@H](C)NC(=O)OCc2ccccc2)cc1S(=O)(=O)N1CCCC1. The zero-order chi connectivity index (χ0) is 23.8. The Labute approximate surface area is 194 Å². The number of anilines is 1. The minimum Gasteiger partial charge on any atom is -0.492 e. The van der Waals surface area contributed by atoms with Crippen molar-refractivity contribution in [3.8, 4) is 5.75 Å². The quantitative estimate of drug-likeness (QED) is 0.576. The smallest absolute Gasteiger partial charge is 0.408 e. The van der Waals surface area contributed by atoms with Gasteiger partial charge in [-0.2, -0.15) is 4.31 Å². The van der Waals surface area contributed by atoms with Gasteiger partial charge in [0.2, 0.25) is 15.9 Å². The fraction of sp³-hybridized carbons (Fsp3) is 0.391. The summed E-state index contributed by atoms with van der Waals surface area (Å²) in [6.45, 7) is 4.58. The molecule has 1 aliphatic heterocycles. The molecule has 10 heteroatoms. The number of sulfonamides is 1. The molecule has 1 aliphatic rings. The van der Waals surface area contributed by atoms with E-state index in [9.17, 15) is 18.0 Å². The summed E-state index contributed by atoms with van der Waals surface area (Å²) in [6.07, 6.45) is 0.886. The van der Waals surface area contributed by atoms with E-state index in [4.69, 9.17) is 9.47 Å². The van der Waals surface area contributed by atoms with Crippen molar-refractivity contribution in [2.75, 3.05) is 25.0 Å². The third-order valence-corrected chi connectivity index (χ3v) is 7.05. The summed E-state index contributed by atoms with van der Waals surface area (Å²) in [6, 6.07) is 12.7. The van der Waals surface area contributed by atoms with Crippen molar-refractivity contribution in [3.63, 3.8) is 0 Å². The Balaban J connectivity index is 1.65. The van der Waals surface area contributed by atoms with Gasteiger partial charge in [-0.25, -0.2) is 13.2 Å². The van der Waals surface area contributed by atoms with E-state index < -0.39 is 28.1 Å². The first-order valence-corrected chi connectivity index (χ1v) is 12.3. The number of alkyl carbamates (subject to hydrolysis) is 1. The van der Waals surface area contributed by atoms with E-state index in [1.54, 1.807) is 13.0 Å². The summed E-state index contributed by atoms with van der Waals surface area (Å²) in [4.78, 5) is 24.6. The van der Waals surface area contributed by atoms with Crippen molar-refractivity contribution in [1.82, 2.24) is 9.62 Å². The third-order valence-electron chi connectivity index (χ3n) is 5.13. The van der Waals surface area contributed by atoms with Crippen molar-refractivity contribution in [3.05, 3.63) is 54.1 Å². The monoisotopic (exact) mass is 475 g/mol. The molecule has 0 bridgehead atoms. The number of nitrogens with zero attached hydrogens (tertiary/aromatic N) is 1. The van der Waals surface area contributed by atoms with Crippen LogP contribution in [0.2, 0.25) is 0 Å². The van der Waals surface area contributed by atoms with E-state index in [2.05, 4.69) is 10.6 Å². The van der Waals surface area contributed by atoms with Crippen LogP contribution in [0.3, 0.4) is 0 Å². The number of carbonyl (C=O) groups excluding carboxylic acids is 2. The van der Waals surface area contributed by atoms with Gasteiger partial charge in [0, 0.05) is 18.8 Å². The molecule has 0 unspecified atom stereocenters. The summed E-state index contributed by atoms with van der Waals surface area (Å²) in [5.74, 6) is -0.279. The maximum Gasteiger partial charge on any atom is 0.408 e. The predicted octanol–water partition coefficient (Wildman–Crippen LogP) is 3.12. The van der Waals surface area contributed by atoms with Gasteiger partial charge in [-0.3, -0.25) is 4.79 Å². The van der Waals surface area contributed by atoms with Crippen molar-refractivity contribution in [1.29, 1.82) is 0 Å². The van der Waals surface area contributed by atoms with Crippen molar-refractivity contribution >= 4 is 27.7 Å². The minimum atomic E-state index is -3.76. The first-order valence-electron chi connectivity index (χ1n) is 10.9. The normalized spacial score (nSPS) is 15.0. The van der Waals surface area contributed by atoms with Gasteiger partial charge >= 0.3 is 6.09 Å². The molecule has 33 heavy (non-hydrogen) atoms. The summed E-state index contributed by atoms with van der Waals surface area (Å²) in [5, 5.41) is 5.11. The zero-order valence-electron chi connectivity index (χ0n) is 18.7. The maximum absolute atomic E-state index is 13.1. The molecule has 2 amide bonds. The fourth-order valence-electron chi connectivity index (χ4n) is 3.39. The number of nitrogens with one attached hydrogen (secondary N) is 2. The van der Waals surface area contributed by atoms with Gasteiger partial charge in [0.15, 0.2) is 0 Å². The molecule has 0 radical (unpaired) electrons. The van der Waals surface area contributed by atoms with Crippen LogP contribution in [-0.4, -0.2) is 50.5 Å². The summed E-state index contributed by atoms with van der Waals surface area (Å²) < 4.78 is 38.3. The standard InChI is InChI=1S/C23H29N3O6S/c1-3-31-20-12-11-19(15-21(20)33(29,30)26-13-7-8-14-26)25-22(27)17(2)24-23(28)32-16-18-9-5-4-6-10-18/h4-6,9-12,15,17H,3,7-8,13-14,16H2,1-2H3,(H,24,28)(H,25,27)/t17-/m0/s1. The van der Waals surface area contributed by atoms with E-state index in [1.807, 2.05) is 30.3 Å². The van der Waals surface area contributed by atoms with Crippen molar-refractivity contribution in [2.45, 2.75) is 44.2 Å². The average Bonchev–Trinajstić information content (AvgIpc) is 3.35. The average molecular weight is 476 g/mol. The number of amides is 2. The van der Waals surface area contributed by atoms with Crippen molar-refractivity contribution in [2.24, 2.45) is 0 Å². The second-order valence-corrected chi connectivity index (χ2v) is 9.53. The highest BCUT2D eigenvalue weighted by Gasteiger charge is 2.30. The van der Waals surface area contributed by atoms with Crippen LogP contribution in [0, 0.1) is 0 Å². The van der Waals surface area contributed by atoms with Gasteiger partial charge in [0.05, 0.1) is 6.61 Å². The Morgan fingerprint density at radius 3 is 2.45 bits per heavy atom. The summed E-state index contributed by atoms with van der Waals surface area (Å²) >= 11 is 0. The lowest BCUT2D eigenvalue weighted by atomic mass is 10.2. The number of benzene rings is 2. The van der Waals surface area contributed by atoms with Crippen LogP contribution in [0.5, 0.6) is 5.75 Å². The number of hydrogen-bond donors (Lipinski definition) is 2. The van der Waals surface area contributed by atoms with E-state index in [0.717, 1.165) is 18.4 Å². The highest BCUT2D eigenvalue weighted by atomic mass is 32.2. The van der Waals surface area contributed by atoms with Gasteiger partial charge < -0.3 is 20.1 Å². The van der Waals surface area contributed by atoms with Crippen molar-refractivity contribution < 1.29 is 27.5 Å². The minimum absolute atomic E-state index is 0.00642. The Kier molecular flexibility index (Phi) is 8.29. The lowest BCUT2D eigenvalue weighted by Gasteiger charge is -2.19. The zero-order valence-corrected chi connectivity index (χ0v) is 19.6. The fourth-order valence-corrected chi connectivity index (χ4v) is 5.06. The Morgan fingerprint density at radius 2 is 1.79 bits per heavy atom. The molecule has 2 aromatic rings. The van der Waals surface area contributed by atoms with Crippen LogP contribution >= 0.6 is 0 Å². The molecule has 1 atom stereocenters. The van der Waals surface area contributed by atoms with E-state index in [1.165, 1.54) is 23.4 Å².